The van der Waals surface area contributed by atoms with Crippen LogP contribution in [0.3, 0.4) is 0 Å². The number of H-pyrrole nitrogens is 1. The first-order chi connectivity index (χ1) is 12.2. The topological polar surface area (TPSA) is 104 Å². The Hall–Kier alpha value is -2.57. The Morgan fingerprint density at radius 2 is 2.04 bits per heavy atom. The molecule has 1 aromatic carbocycles. The quantitative estimate of drug-likeness (QED) is 0.737. The number of benzene rings is 1. The fourth-order valence-corrected chi connectivity index (χ4v) is 3.03. The van der Waals surface area contributed by atoms with Crippen molar-refractivity contribution in [2.75, 3.05) is 0 Å². The van der Waals surface area contributed by atoms with Gasteiger partial charge in [-0.05, 0) is 49.3 Å². The van der Waals surface area contributed by atoms with Crippen LogP contribution >= 0.6 is 0 Å². The van der Waals surface area contributed by atoms with E-state index in [2.05, 4.69) is 10.3 Å². The van der Waals surface area contributed by atoms with Gasteiger partial charge in [-0.2, -0.15) is 0 Å². The number of amides is 1. The summed E-state index contributed by atoms with van der Waals surface area (Å²) >= 11 is 0. The lowest BCUT2D eigenvalue weighted by Crippen LogP contribution is -2.41. The first-order valence-electron chi connectivity index (χ1n) is 8.94. The molecule has 26 heavy (non-hydrogen) atoms. The molecule has 7 heteroatoms. The summed E-state index contributed by atoms with van der Waals surface area (Å²) in [7, 11) is 0. The molecule has 1 atom stereocenters. The van der Waals surface area contributed by atoms with Gasteiger partial charge >= 0.3 is 11.7 Å². The van der Waals surface area contributed by atoms with Crippen LogP contribution in [0.4, 0.5) is 0 Å². The van der Waals surface area contributed by atoms with Crippen LogP contribution in [0, 0.1) is 5.41 Å². The number of nitrogens with one attached hydrogen (secondary N) is 2. The molecule has 1 aliphatic rings. The van der Waals surface area contributed by atoms with Gasteiger partial charge in [0.1, 0.15) is 6.04 Å². The highest BCUT2D eigenvalue weighted by molar-refractivity contribution is 5.99. The van der Waals surface area contributed by atoms with Gasteiger partial charge in [0.25, 0.3) is 5.91 Å². The van der Waals surface area contributed by atoms with E-state index in [4.69, 9.17) is 0 Å². The highest BCUT2D eigenvalue weighted by Crippen LogP contribution is 2.35. The molecule has 0 bridgehead atoms. The summed E-state index contributed by atoms with van der Waals surface area (Å²) < 4.78 is 1.68. The van der Waals surface area contributed by atoms with Gasteiger partial charge in [-0.1, -0.05) is 20.8 Å². The summed E-state index contributed by atoms with van der Waals surface area (Å²) in [6, 6.07) is 4.20. The van der Waals surface area contributed by atoms with Crippen LogP contribution in [-0.2, 0) is 4.79 Å². The number of aromatic amines is 1. The second-order valence-corrected chi connectivity index (χ2v) is 8.23. The molecule has 1 amide bonds. The number of imidazole rings is 1. The Morgan fingerprint density at radius 1 is 1.35 bits per heavy atom. The number of aromatic nitrogens is 2. The summed E-state index contributed by atoms with van der Waals surface area (Å²) in [6.45, 7) is 6.10. The second kappa shape index (κ2) is 6.63. The normalized spacial score (nSPS) is 15.8. The van der Waals surface area contributed by atoms with Crippen molar-refractivity contribution in [1.82, 2.24) is 14.9 Å². The van der Waals surface area contributed by atoms with E-state index >= 15 is 0 Å². The molecule has 0 saturated heterocycles. The average molecular weight is 359 g/mol. The van der Waals surface area contributed by atoms with Crippen LogP contribution < -0.4 is 11.0 Å². The predicted octanol–water partition coefficient (Wildman–Crippen LogP) is 2.67. The smallest absolute Gasteiger partial charge is 0.326 e. The van der Waals surface area contributed by atoms with Crippen LogP contribution in [0.1, 0.15) is 62.9 Å². The third kappa shape index (κ3) is 3.98. The highest BCUT2D eigenvalue weighted by atomic mass is 16.4. The van der Waals surface area contributed by atoms with Gasteiger partial charge < -0.3 is 15.4 Å². The SMILES string of the molecule is CC(C)(C)CCC(NC(=O)c1ccc2[nH]c(=O)n(C3CC3)c2c1)C(=O)O. The molecule has 1 aliphatic carbocycles. The Bertz CT molecular complexity index is 900. The van der Waals surface area contributed by atoms with Gasteiger partial charge in [-0.3, -0.25) is 9.36 Å². The number of hydrogen-bond donors (Lipinski definition) is 3. The third-order valence-electron chi connectivity index (χ3n) is 4.68. The van der Waals surface area contributed by atoms with E-state index in [-0.39, 0.29) is 17.1 Å². The first kappa shape index (κ1) is 18.2. The minimum Gasteiger partial charge on any atom is -0.480 e. The number of aliphatic carboxylic acids is 1. The van der Waals surface area contributed by atoms with Gasteiger partial charge in [-0.25, -0.2) is 9.59 Å². The number of carboxylic acid groups (broad SMARTS) is 1. The fourth-order valence-electron chi connectivity index (χ4n) is 3.03. The van der Waals surface area contributed by atoms with Crippen molar-refractivity contribution in [2.45, 2.75) is 58.5 Å². The minimum atomic E-state index is -1.04. The van der Waals surface area contributed by atoms with E-state index in [9.17, 15) is 19.5 Å². The molecule has 0 spiro atoms. The summed E-state index contributed by atoms with van der Waals surface area (Å²) in [5.74, 6) is -1.48. The second-order valence-electron chi connectivity index (χ2n) is 8.23. The summed E-state index contributed by atoms with van der Waals surface area (Å²) in [5.41, 5.74) is 1.54. The van der Waals surface area contributed by atoms with Crippen molar-refractivity contribution >= 4 is 22.9 Å². The fraction of sp³-hybridized carbons (Fsp3) is 0.526. The molecule has 3 N–H and O–H groups in total. The molecule has 7 nitrogen and oxygen atoms in total. The van der Waals surface area contributed by atoms with Crippen molar-refractivity contribution in [3.05, 3.63) is 34.2 Å². The average Bonchev–Trinajstić information content (AvgIpc) is 3.31. The summed E-state index contributed by atoms with van der Waals surface area (Å²) in [5, 5.41) is 12.0. The van der Waals surface area contributed by atoms with Crippen LogP contribution in [-0.4, -0.2) is 32.6 Å². The zero-order valence-electron chi connectivity index (χ0n) is 15.3. The maximum absolute atomic E-state index is 12.6. The molecule has 1 aromatic heterocycles. The van der Waals surface area contributed by atoms with Gasteiger partial charge in [-0.15, -0.1) is 0 Å². The molecule has 0 aliphatic heterocycles. The zero-order valence-corrected chi connectivity index (χ0v) is 15.3. The van der Waals surface area contributed by atoms with Gasteiger partial charge in [0.15, 0.2) is 0 Å². The number of hydrogen-bond acceptors (Lipinski definition) is 3. The summed E-state index contributed by atoms with van der Waals surface area (Å²) in [6.07, 6.45) is 2.96. The number of carbonyl (C=O) groups is 2. The monoisotopic (exact) mass is 359 g/mol. The molecular weight excluding hydrogens is 334 g/mol. The molecule has 0 radical (unpaired) electrons. The van der Waals surface area contributed by atoms with Crippen molar-refractivity contribution in [3.8, 4) is 0 Å². The first-order valence-corrected chi connectivity index (χ1v) is 8.94. The van der Waals surface area contributed by atoms with Gasteiger partial charge in [0.2, 0.25) is 0 Å². The number of nitrogens with zero attached hydrogens (tertiary/aromatic N) is 1. The maximum Gasteiger partial charge on any atom is 0.326 e. The standard InChI is InChI=1S/C19H25N3O4/c1-19(2,3)9-8-14(17(24)25)20-16(23)11-4-7-13-15(10-11)22(12-5-6-12)18(26)21-13/h4,7,10,12,14H,5-6,8-9H2,1-3H3,(H,20,23)(H,21,26)(H,24,25). The number of rotatable bonds is 6. The van der Waals surface area contributed by atoms with Crippen molar-refractivity contribution in [3.63, 3.8) is 0 Å². The van der Waals surface area contributed by atoms with E-state index in [0.717, 1.165) is 12.8 Å². The number of carbonyl (C=O) groups excluding carboxylic acids is 1. The molecule has 1 fully saturated rings. The van der Waals surface area contributed by atoms with E-state index in [1.807, 2.05) is 20.8 Å². The van der Waals surface area contributed by atoms with E-state index in [1.165, 1.54) is 0 Å². The zero-order chi connectivity index (χ0) is 19.1. The van der Waals surface area contributed by atoms with Crippen LogP contribution in [0.25, 0.3) is 11.0 Å². The predicted molar refractivity (Wildman–Crippen MR) is 98.4 cm³/mol. The molecule has 1 unspecified atom stereocenters. The number of carboxylic acids is 1. The van der Waals surface area contributed by atoms with Crippen LogP contribution in [0.2, 0.25) is 0 Å². The van der Waals surface area contributed by atoms with Crippen molar-refractivity contribution in [2.24, 2.45) is 5.41 Å². The van der Waals surface area contributed by atoms with Crippen molar-refractivity contribution in [1.29, 1.82) is 0 Å². The molecular formula is C19H25N3O4. The Balaban J connectivity index is 1.81. The molecule has 1 saturated carbocycles. The van der Waals surface area contributed by atoms with Crippen LogP contribution in [0.15, 0.2) is 23.0 Å². The number of fused-ring (bicyclic) bond motifs is 1. The maximum atomic E-state index is 12.6. The Kier molecular flexibility index (Phi) is 4.64. The van der Waals surface area contributed by atoms with Crippen LogP contribution in [0.5, 0.6) is 0 Å². The van der Waals surface area contributed by atoms with Gasteiger partial charge in [0, 0.05) is 11.6 Å². The summed E-state index contributed by atoms with van der Waals surface area (Å²) in [4.78, 5) is 38.9. The highest BCUT2D eigenvalue weighted by Gasteiger charge is 2.28. The molecule has 140 valence electrons. The van der Waals surface area contributed by atoms with E-state index in [0.29, 0.717) is 29.4 Å². The lowest BCUT2D eigenvalue weighted by Gasteiger charge is -2.21. The van der Waals surface area contributed by atoms with E-state index < -0.39 is 17.9 Å². The molecule has 1 heterocycles. The Morgan fingerprint density at radius 3 is 2.62 bits per heavy atom. The largest absolute Gasteiger partial charge is 0.480 e. The van der Waals surface area contributed by atoms with E-state index in [1.54, 1.807) is 22.8 Å². The third-order valence-corrected chi connectivity index (χ3v) is 4.68. The molecule has 2 aromatic rings. The lowest BCUT2D eigenvalue weighted by molar-refractivity contribution is -0.139. The van der Waals surface area contributed by atoms with Crippen molar-refractivity contribution < 1.29 is 14.7 Å². The van der Waals surface area contributed by atoms with Gasteiger partial charge in [0.05, 0.1) is 11.0 Å². The lowest BCUT2D eigenvalue weighted by atomic mass is 9.88. The minimum absolute atomic E-state index is 0.0111. The Labute approximate surface area is 151 Å². The molecule has 3 rings (SSSR count).